The largest absolute Gasteiger partial charge is 0.497 e. The number of ether oxygens (including phenoxy) is 7. The Balaban J connectivity index is 1.65. The van der Waals surface area contributed by atoms with Crippen LogP contribution in [0.5, 0.6) is 28.9 Å². The quantitative estimate of drug-likeness (QED) is 0.213. The maximum Gasteiger partial charge on any atom is 0.260 e. The summed E-state index contributed by atoms with van der Waals surface area (Å²) < 4.78 is 42.7. The van der Waals surface area contributed by atoms with Gasteiger partial charge in [0.25, 0.3) is 5.88 Å². The minimum atomic E-state index is -0.616. The molecule has 236 valence electrons. The van der Waals surface area contributed by atoms with Crippen molar-refractivity contribution in [1.82, 2.24) is 19.7 Å². The zero-order valence-corrected chi connectivity index (χ0v) is 26.8. The topological polar surface area (TPSA) is 108 Å². The van der Waals surface area contributed by atoms with E-state index in [4.69, 9.17) is 38.1 Å². The number of benzene rings is 2. The molecule has 44 heavy (non-hydrogen) atoms. The smallest absolute Gasteiger partial charge is 0.260 e. The summed E-state index contributed by atoms with van der Waals surface area (Å²) in [7, 11) is 6.57. The molecule has 1 aliphatic rings. The van der Waals surface area contributed by atoms with Crippen LogP contribution in [0.15, 0.2) is 36.4 Å². The van der Waals surface area contributed by atoms with Crippen LogP contribution in [-0.2, 0) is 28.9 Å². The van der Waals surface area contributed by atoms with Gasteiger partial charge in [0.1, 0.15) is 39.9 Å². The highest BCUT2D eigenvalue weighted by molar-refractivity contribution is 5.83. The van der Waals surface area contributed by atoms with Crippen LogP contribution in [0, 0.1) is 5.92 Å². The maximum absolute atomic E-state index is 6.23. The molecule has 0 atom stereocenters. The fourth-order valence-electron chi connectivity index (χ4n) is 5.31. The van der Waals surface area contributed by atoms with Crippen molar-refractivity contribution < 1.29 is 33.2 Å². The fraction of sp³-hybridized carbons (Fsp3) is 0.485. The number of fused-ring (bicyclic) bond motifs is 1. The number of hydrogen-bond donors (Lipinski definition) is 0. The lowest BCUT2D eigenvalue weighted by molar-refractivity contribution is -0.263. The second-order valence-corrected chi connectivity index (χ2v) is 11.6. The van der Waals surface area contributed by atoms with Crippen LogP contribution in [0.25, 0.3) is 11.0 Å². The van der Waals surface area contributed by atoms with Crippen LogP contribution >= 0.6 is 0 Å². The molecule has 1 fully saturated rings. The minimum Gasteiger partial charge on any atom is -0.497 e. The molecule has 2 aromatic carbocycles. The number of rotatable bonds is 12. The Morgan fingerprint density at radius 1 is 0.841 bits per heavy atom. The molecule has 0 aliphatic carbocycles. The first-order valence-electron chi connectivity index (χ1n) is 14.8. The summed E-state index contributed by atoms with van der Waals surface area (Å²) in [6, 6.07) is 11.5. The van der Waals surface area contributed by atoms with E-state index in [-0.39, 0.29) is 12.0 Å². The molecule has 11 heteroatoms. The van der Waals surface area contributed by atoms with Crippen molar-refractivity contribution in [2.75, 3.05) is 41.7 Å². The highest BCUT2D eigenvalue weighted by Gasteiger charge is 2.31. The van der Waals surface area contributed by atoms with E-state index < -0.39 is 5.79 Å². The van der Waals surface area contributed by atoms with Crippen molar-refractivity contribution >= 4 is 11.0 Å². The predicted octanol–water partition coefficient (Wildman–Crippen LogP) is 5.23. The van der Waals surface area contributed by atoms with E-state index in [1.807, 2.05) is 64.1 Å². The molecule has 1 saturated heterocycles. The lowest BCUT2D eigenvalue weighted by Crippen LogP contribution is -2.40. The average molecular weight is 607 g/mol. The third-order valence-electron chi connectivity index (χ3n) is 7.60. The van der Waals surface area contributed by atoms with Crippen LogP contribution in [0.1, 0.15) is 50.3 Å². The molecule has 0 N–H and O–H groups in total. The van der Waals surface area contributed by atoms with Crippen molar-refractivity contribution in [3.05, 3.63) is 59.0 Å². The zero-order chi connectivity index (χ0) is 31.4. The van der Waals surface area contributed by atoms with E-state index in [9.17, 15) is 0 Å². The van der Waals surface area contributed by atoms with Crippen LogP contribution in [-0.4, -0.2) is 73.3 Å². The van der Waals surface area contributed by atoms with Gasteiger partial charge in [0, 0.05) is 48.6 Å². The van der Waals surface area contributed by atoms with Gasteiger partial charge in [-0.05, 0) is 39.8 Å². The molecule has 0 bridgehead atoms. The van der Waals surface area contributed by atoms with Gasteiger partial charge in [0.05, 0.1) is 53.5 Å². The van der Waals surface area contributed by atoms with Gasteiger partial charge in [0.15, 0.2) is 5.79 Å². The summed E-state index contributed by atoms with van der Waals surface area (Å²) in [4.78, 5) is 5.22. The maximum atomic E-state index is 6.23. The third-order valence-corrected chi connectivity index (χ3v) is 7.60. The number of nitrogens with zero attached hydrogens (tertiary/aromatic N) is 4. The molecule has 2 aromatic heterocycles. The molecule has 5 rings (SSSR count). The van der Waals surface area contributed by atoms with Gasteiger partial charge in [-0.1, -0.05) is 12.1 Å². The van der Waals surface area contributed by atoms with E-state index >= 15 is 0 Å². The highest BCUT2D eigenvalue weighted by Crippen LogP contribution is 2.34. The van der Waals surface area contributed by atoms with Gasteiger partial charge in [0.2, 0.25) is 0 Å². The van der Waals surface area contributed by atoms with Crippen molar-refractivity contribution in [3.63, 3.8) is 0 Å². The van der Waals surface area contributed by atoms with E-state index in [1.54, 1.807) is 28.4 Å². The summed E-state index contributed by atoms with van der Waals surface area (Å²) in [6.45, 7) is 9.49. The predicted molar refractivity (Wildman–Crippen MR) is 165 cm³/mol. The van der Waals surface area contributed by atoms with Crippen LogP contribution in [0.2, 0.25) is 0 Å². The average Bonchev–Trinajstić information content (AvgIpc) is 3.37. The Hall–Kier alpha value is -4.09. The molecule has 4 aromatic rings. The van der Waals surface area contributed by atoms with Crippen molar-refractivity contribution in [2.45, 2.75) is 59.0 Å². The van der Waals surface area contributed by atoms with Gasteiger partial charge in [-0.2, -0.15) is 0 Å². The fourth-order valence-corrected chi connectivity index (χ4v) is 5.31. The lowest BCUT2D eigenvalue weighted by Gasteiger charge is -2.35. The Labute approximate surface area is 258 Å². The molecule has 0 spiro atoms. The first-order chi connectivity index (χ1) is 21.1. The van der Waals surface area contributed by atoms with E-state index in [1.165, 1.54) is 0 Å². The molecule has 0 unspecified atom stereocenters. The van der Waals surface area contributed by atoms with E-state index in [0.717, 1.165) is 28.2 Å². The number of aromatic nitrogens is 4. The molecule has 3 heterocycles. The van der Waals surface area contributed by atoms with E-state index in [0.29, 0.717) is 66.9 Å². The first kappa shape index (κ1) is 31.3. The second kappa shape index (κ2) is 13.3. The molecular formula is C33H42N4O7. The van der Waals surface area contributed by atoms with Gasteiger partial charge < -0.3 is 37.7 Å². The summed E-state index contributed by atoms with van der Waals surface area (Å²) in [6.07, 6.45) is 0.828. The summed E-state index contributed by atoms with van der Waals surface area (Å²) in [5.41, 5.74) is 4.11. The number of imidazole rings is 1. The molecule has 0 amide bonds. The molecular weight excluding hydrogens is 564 g/mol. The monoisotopic (exact) mass is 606 g/mol. The minimum absolute atomic E-state index is 0.0853. The summed E-state index contributed by atoms with van der Waals surface area (Å²) in [5.74, 6) is 3.56. The third kappa shape index (κ3) is 6.84. The highest BCUT2D eigenvalue weighted by atomic mass is 16.7. The molecule has 1 aliphatic heterocycles. The second-order valence-electron chi connectivity index (χ2n) is 11.6. The van der Waals surface area contributed by atoms with E-state index in [2.05, 4.69) is 14.8 Å². The van der Waals surface area contributed by atoms with Crippen LogP contribution in [0.4, 0.5) is 0 Å². The Kier molecular flexibility index (Phi) is 9.45. The van der Waals surface area contributed by atoms with Gasteiger partial charge in [-0.15, -0.1) is 10.2 Å². The van der Waals surface area contributed by atoms with Gasteiger partial charge >= 0.3 is 0 Å². The van der Waals surface area contributed by atoms with Crippen molar-refractivity contribution in [1.29, 1.82) is 0 Å². The summed E-state index contributed by atoms with van der Waals surface area (Å²) >= 11 is 0. The first-order valence-corrected chi connectivity index (χ1v) is 14.8. The van der Waals surface area contributed by atoms with Gasteiger partial charge in [-0.3, -0.25) is 0 Å². The SMILES string of the molecule is COc1ccc(Cc2nnc(OC(C)C)c3c2nc(Cc2ccc(OC)cc2OC)n3CC2COC(C)(C)OC2)c(OC)c1. The van der Waals surface area contributed by atoms with Crippen LogP contribution < -0.4 is 23.7 Å². The Morgan fingerprint density at radius 2 is 1.43 bits per heavy atom. The number of methoxy groups -OCH3 is 4. The van der Waals surface area contributed by atoms with Crippen molar-refractivity contribution in [3.8, 4) is 28.9 Å². The standard InChI is InChI=1S/C33H42N4O7/c1-20(2)44-32-31-30(26(35-36-32)13-22-9-11-24(38-5)15-27(22)40-7)34-29(14-23-10-12-25(39-6)16-28(23)41-8)37(31)17-21-18-42-33(3,4)43-19-21/h9-12,15-16,20-21H,13-14,17-19H2,1-8H3. The van der Waals surface area contributed by atoms with Gasteiger partial charge in [-0.25, -0.2) is 4.98 Å². The molecule has 0 radical (unpaired) electrons. The summed E-state index contributed by atoms with van der Waals surface area (Å²) in [5, 5.41) is 9.21. The Bertz CT molecular complexity index is 1590. The van der Waals surface area contributed by atoms with Crippen molar-refractivity contribution in [2.24, 2.45) is 5.92 Å². The lowest BCUT2D eigenvalue weighted by atomic mass is 10.1. The molecule has 11 nitrogen and oxygen atoms in total. The Morgan fingerprint density at radius 3 is 1.98 bits per heavy atom. The number of hydrogen-bond acceptors (Lipinski definition) is 10. The normalized spacial score (nSPS) is 15.0. The van der Waals surface area contributed by atoms with Crippen LogP contribution in [0.3, 0.4) is 0 Å². The molecule has 0 saturated carbocycles. The zero-order valence-electron chi connectivity index (χ0n) is 26.8.